The highest BCUT2D eigenvalue weighted by Crippen LogP contribution is 2.39. The van der Waals surface area contributed by atoms with Crippen molar-refractivity contribution in [3.63, 3.8) is 0 Å². The number of hydrogen-bond acceptors (Lipinski definition) is 1. The molecule has 1 N–H and O–H groups in total. The van der Waals surface area contributed by atoms with E-state index in [9.17, 15) is 0 Å². The number of para-hydroxylation sites is 1. The lowest BCUT2D eigenvalue weighted by molar-refractivity contribution is 1.18. The highest BCUT2D eigenvalue weighted by atomic mass is 32.2. The molecule has 1 aliphatic rings. The Hall–Kier alpha value is -1.67. The summed E-state index contributed by atoms with van der Waals surface area (Å²) in [5, 5.41) is 1.38. The lowest BCUT2D eigenvalue weighted by Gasteiger charge is -2.03. The zero-order valence-corrected chi connectivity index (χ0v) is 10.8. The first-order chi connectivity index (χ1) is 8.93. The monoisotopic (exact) mass is 251 g/mol. The molecular formula is C16H13NS. The Morgan fingerprint density at radius 2 is 1.78 bits per heavy atom. The minimum atomic E-state index is 1.14. The van der Waals surface area contributed by atoms with Crippen LogP contribution in [0.5, 0.6) is 0 Å². The van der Waals surface area contributed by atoms with Crippen molar-refractivity contribution in [2.24, 2.45) is 0 Å². The van der Waals surface area contributed by atoms with Crippen molar-refractivity contribution in [3.05, 3.63) is 54.1 Å². The number of aromatic amines is 1. The third kappa shape index (κ3) is 1.42. The van der Waals surface area contributed by atoms with Crippen LogP contribution in [0.25, 0.3) is 22.2 Å². The molecule has 0 amide bonds. The van der Waals surface area contributed by atoms with E-state index in [1.54, 1.807) is 0 Å². The molecule has 2 aromatic carbocycles. The molecule has 0 unspecified atom stereocenters. The Morgan fingerprint density at radius 1 is 0.944 bits per heavy atom. The number of H-pyrrole nitrogens is 1. The van der Waals surface area contributed by atoms with Crippen LogP contribution in [0.2, 0.25) is 0 Å². The van der Waals surface area contributed by atoms with E-state index in [0.717, 1.165) is 12.2 Å². The fourth-order valence-electron chi connectivity index (χ4n) is 2.75. The van der Waals surface area contributed by atoms with Gasteiger partial charge in [0.2, 0.25) is 0 Å². The summed E-state index contributed by atoms with van der Waals surface area (Å²) in [5.74, 6) is 1.16. The Bertz CT molecular complexity index is 727. The molecule has 18 heavy (non-hydrogen) atoms. The van der Waals surface area contributed by atoms with E-state index in [2.05, 4.69) is 53.5 Å². The number of thioether (sulfide) groups is 1. The molecule has 3 aromatic rings. The van der Waals surface area contributed by atoms with E-state index in [1.165, 1.54) is 32.6 Å². The minimum Gasteiger partial charge on any atom is -0.354 e. The third-order valence-corrected chi connectivity index (χ3v) is 4.65. The number of aryl methyl sites for hydroxylation is 1. The van der Waals surface area contributed by atoms with E-state index in [-0.39, 0.29) is 0 Å². The van der Waals surface area contributed by atoms with Crippen molar-refractivity contribution in [1.29, 1.82) is 0 Å². The van der Waals surface area contributed by atoms with E-state index >= 15 is 0 Å². The van der Waals surface area contributed by atoms with Gasteiger partial charge in [0.1, 0.15) is 0 Å². The van der Waals surface area contributed by atoms with Gasteiger partial charge in [0.05, 0.1) is 5.69 Å². The Kier molecular flexibility index (Phi) is 2.24. The van der Waals surface area contributed by atoms with Gasteiger partial charge in [0.15, 0.2) is 0 Å². The summed E-state index contributed by atoms with van der Waals surface area (Å²) in [6, 6.07) is 17.3. The van der Waals surface area contributed by atoms with E-state index in [1.807, 2.05) is 11.8 Å². The van der Waals surface area contributed by atoms with Crippen LogP contribution < -0.4 is 0 Å². The van der Waals surface area contributed by atoms with Crippen LogP contribution in [0.1, 0.15) is 5.56 Å². The second-order valence-electron chi connectivity index (χ2n) is 4.62. The van der Waals surface area contributed by atoms with Gasteiger partial charge in [-0.2, -0.15) is 0 Å². The molecule has 0 bridgehead atoms. The fraction of sp³-hybridized carbons (Fsp3) is 0.125. The number of fused-ring (bicyclic) bond motifs is 5. The van der Waals surface area contributed by atoms with Crippen LogP contribution in [0, 0.1) is 0 Å². The number of aromatic nitrogens is 1. The van der Waals surface area contributed by atoms with Crippen LogP contribution in [-0.4, -0.2) is 10.7 Å². The molecular weight excluding hydrogens is 238 g/mol. The molecule has 88 valence electrons. The van der Waals surface area contributed by atoms with Crippen LogP contribution in [-0.2, 0) is 6.42 Å². The summed E-state index contributed by atoms with van der Waals surface area (Å²) >= 11 is 1.96. The molecule has 0 atom stereocenters. The van der Waals surface area contributed by atoms with Crippen LogP contribution in [0.3, 0.4) is 0 Å². The smallest absolute Gasteiger partial charge is 0.0509 e. The normalized spacial score (nSPS) is 14.0. The predicted octanol–water partition coefficient (Wildman–Crippen LogP) is 4.48. The van der Waals surface area contributed by atoms with Crippen molar-refractivity contribution in [2.75, 3.05) is 5.75 Å². The first kappa shape index (κ1) is 10.3. The van der Waals surface area contributed by atoms with Crippen LogP contribution in [0.15, 0.2) is 53.4 Å². The molecule has 0 saturated carbocycles. The zero-order chi connectivity index (χ0) is 11.9. The maximum atomic E-state index is 3.60. The van der Waals surface area contributed by atoms with Gasteiger partial charge < -0.3 is 4.98 Å². The molecule has 1 aromatic heterocycles. The molecule has 1 aliphatic heterocycles. The summed E-state index contributed by atoms with van der Waals surface area (Å²) in [6.45, 7) is 0. The van der Waals surface area contributed by atoms with Crippen molar-refractivity contribution >= 4 is 22.7 Å². The topological polar surface area (TPSA) is 15.8 Å². The Morgan fingerprint density at radius 3 is 2.78 bits per heavy atom. The quantitative estimate of drug-likeness (QED) is 0.622. The fourth-order valence-corrected chi connectivity index (χ4v) is 3.78. The second kappa shape index (κ2) is 3.92. The maximum absolute atomic E-state index is 3.60. The summed E-state index contributed by atoms with van der Waals surface area (Å²) in [4.78, 5) is 4.99. The average Bonchev–Trinajstić information content (AvgIpc) is 2.69. The number of hydrogen-bond donors (Lipinski definition) is 1. The summed E-state index contributed by atoms with van der Waals surface area (Å²) in [5.41, 5.74) is 5.40. The lowest BCUT2D eigenvalue weighted by atomic mass is 10.0. The van der Waals surface area contributed by atoms with Gasteiger partial charge in [0, 0.05) is 27.1 Å². The molecule has 0 saturated heterocycles. The first-order valence-electron chi connectivity index (χ1n) is 6.25. The first-order valence-corrected chi connectivity index (χ1v) is 7.24. The van der Waals surface area contributed by atoms with Gasteiger partial charge in [0.25, 0.3) is 0 Å². The molecule has 2 heterocycles. The highest BCUT2D eigenvalue weighted by Gasteiger charge is 2.18. The average molecular weight is 251 g/mol. The van der Waals surface area contributed by atoms with Crippen LogP contribution >= 0.6 is 11.8 Å². The number of benzene rings is 2. The second-order valence-corrected chi connectivity index (χ2v) is 5.76. The summed E-state index contributed by atoms with van der Waals surface area (Å²) in [7, 11) is 0. The molecule has 0 spiro atoms. The van der Waals surface area contributed by atoms with Crippen molar-refractivity contribution < 1.29 is 0 Å². The van der Waals surface area contributed by atoms with Crippen molar-refractivity contribution in [2.45, 2.75) is 11.3 Å². The van der Waals surface area contributed by atoms with Gasteiger partial charge in [-0.25, -0.2) is 0 Å². The Balaban J connectivity index is 2.09. The summed E-state index contributed by atoms with van der Waals surface area (Å²) in [6.07, 6.45) is 1.14. The minimum absolute atomic E-state index is 1.14. The molecule has 4 rings (SSSR count). The van der Waals surface area contributed by atoms with E-state index < -0.39 is 0 Å². The zero-order valence-electron chi connectivity index (χ0n) is 9.94. The molecule has 2 heteroatoms. The maximum Gasteiger partial charge on any atom is 0.0509 e. The number of rotatable bonds is 0. The van der Waals surface area contributed by atoms with Gasteiger partial charge in [-0.3, -0.25) is 0 Å². The van der Waals surface area contributed by atoms with Gasteiger partial charge in [-0.1, -0.05) is 36.4 Å². The number of nitrogens with one attached hydrogen (secondary N) is 1. The molecule has 0 fully saturated rings. The van der Waals surface area contributed by atoms with Gasteiger partial charge >= 0.3 is 0 Å². The van der Waals surface area contributed by atoms with Crippen molar-refractivity contribution in [1.82, 2.24) is 4.98 Å². The standard InChI is InChI=1S/C16H13NS/c1-3-7-14-11(5-1)12-9-10-18-15-8-4-2-6-13(15)16(12)17-14/h1-8,17H,9-10H2. The van der Waals surface area contributed by atoms with Crippen molar-refractivity contribution in [3.8, 4) is 11.3 Å². The van der Waals surface area contributed by atoms with Gasteiger partial charge in [-0.05, 0) is 24.1 Å². The van der Waals surface area contributed by atoms with E-state index in [4.69, 9.17) is 0 Å². The largest absolute Gasteiger partial charge is 0.354 e. The molecule has 0 radical (unpaired) electrons. The molecule has 1 nitrogen and oxygen atoms in total. The SMILES string of the molecule is c1ccc2c(c1)SCCc1c-2[nH]c2ccccc12. The van der Waals surface area contributed by atoms with Crippen LogP contribution in [0.4, 0.5) is 0 Å². The van der Waals surface area contributed by atoms with Gasteiger partial charge in [-0.15, -0.1) is 11.8 Å². The molecule has 0 aliphatic carbocycles. The Labute approximate surface area is 110 Å². The summed E-state index contributed by atoms with van der Waals surface area (Å²) < 4.78 is 0. The van der Waals surface area contributed by atoms with E-state index in [0.29, 0.717) is 0 Å². The third-order valence-electron chi connectivity index (χ3n) is 3.58. The highest BCUT2D eigenvalue weighted by molar-refractivity contribution is 7.99. The predicted molar refractivity (Wildman–Crippen MR) is 78.2 cm³/mol. The lowest BCUT2D eigenvalue weighted by Crippen LogP contribution is -1.85.